The molecule has 0 spiro atoms. The van der Waals surface area contributed by atoms with Crippen molar-refractivity contribution >= 4 is 12.1 Å². The van der Waals surface area contributed by atoms with Crippen LogP contribution in [0.1, 0.15) is 15.9 Å². The van der Waals surface area contributed by atoms with Gasteiger partial charge in [0.25, 0.3) is 0 Å². The molecule has 19 heavy (non-hydrogen) atoms. The fourth-order valence-electron chi connectivity index (χ4n) is 1.55. The summed E-state index contributed by atoms with van der Waals surface area (Å²) >= 11 is 0. The molecule has 0 saturated carbocycles. The predicted molar refractivity (Wildman–Crippen MR) is 71.2 cm³/mol. The van der Waals surface area contributed by atoms with Crippen molar-refractivity contribution in [3.63, 3.8) is 0 Å². The standard InChI is InChI=1S/C15H12O3.H2O/c16-10-15(17)13-7-4-8-14(9-13)18-11-12-5-2-1-3-6-12;/h1-10H,11H2;1H2. The number of carbonyl (C=O) groups is 2. The van der Waals surface area contributed by atoms with E-state index in [9.17, 15) is 9.59 Å². The van der Waals surface area contributed by atoms with E-state index in [2.05, 4.69) is 0 Å². The quantitative estimate of drug-likeness (QED) is 0.466. The minimum Gasteiger partial charge on any atom is -0.489 e. The molecular weight excluding hydrogens is 244 g/mol. The minimum absolute atomic E-state index is 0. The lowest BCUT2D eigenvalue weighted by molar-refractivity contribution is -0.104. The van der Waals surface area contributed by atoms with Crippen LogP contribution in [-0.2, 0) is 11.4 Å². The molecule has 0 aliphatic rings. The topological polar surface area (TPSA) is 74.9 Å². The van der Waals surface area contributed by atoms with Crippen LogP contribution in [0.3, 0.4) is 0 Å². The molecule has 4 heteroatoms. The molecule has 0 bridgehead atoms. The van der Waals surface area contributed by atoms with Gasteiger partial charge in [0.1, 0.15) is 12.4 Å². The first-order valence-corrected chi connectivity index (χ1v) is 5.56. The summed E-state index contributed by atoms with van der Waals surface area (Å²) in [6.45, 7) is 0.430. The largest absolute Gasteiger partial charge is 0.489 e. The lowest BCUT2D eigenvalue weighted by atomic mass is 10.1. The van der Waals surface area contributed by atoms with Crippen LogP contribution in [0.5, 0.6) is 5.75 Å². The summed E-state index contributed by atoms with van der Waals surface area (Å²) in [6, 6.07) is 16.3. The molecule has 2 N–H and O–H groups in total. The van der Waals surface area contributed by atoms with Crippen LogP contribution in [0.15, 0.2) is 54.6 Å². The van der Waals surface area contributed by atoms with Crippen LogP contribution in [0.25, 0.3) is 0 Å². The molecule has 0 aliphatic heterocycles. The Kier molecular flexibility index (Phi) is 5.44. The van der Waals surface area contributed by atoms with E-state index in [0.29, 0.717) is 24.2 Å². The predicted octanol–water partition coefficient (Wildman–Crippen LogP) is 1.82. The number of Topliss-reactive ketones (excluding diaryl/α,β-unsaturated/α-hetero) is 1. The first-order valence-electron chi connectivity index (χ1n) is 5.56. The third-order valence-corrected chi connectivity index (χ3v) is 2.47. The maximum Gasteiger partial charge on any atom is 0.225 e. The molecule has 2 rings (SSSR count). The third kappa shape index (κ3) is 4.04. The zero-order chi connectivity index (χ0) is 12.8. The van der Waals surface area contributed by atoms with Gasteiger partial charge in [0.15, 0.2) is 6.29 Å². The average Bonchev–Trinajstić information content (AvgIpc) is 2.45. The smallest absolute Gasteiger partial charge is 0.225 e. The number of carbonyl (C=O) groups excluding carboxylic acids is 2. The Bertz CT molecular complexity index is 549. The van der Waals surface area contributed by atoms with Crippen LogP contribution in [-0.4, -0.2) is 17.5 Å². The fraction of sp³-hybridized carbons (Fsp3) is 0.0667. The normalized spacial score (nSPS) is 9.26. The third-order valence-electron chi connectivity index (χ3n) is 2.47. The highest BCUT2D eigenvalue weighted by atomic mass is 16.5. The van der Waals surface area contributed by atoms with E-state index in [0.717, 1.165) is 5.56 Å². The lowest BCUT2D eigenvalue weighted by Crippen LogP contribution is -2.01. The first kappa shape index (κ1) is 14.6. The second-order valence-electron chi connectivity index (χ2n) is 3.78. The highest BCUT2D eigenvalue weighted by Crippen LogP contribution is 2.15. The Morgan fingerprint density at radius 3 is 2.47 bits per heavy atom. The highest BCUT2D eigenvalue weighted by molar-refractivity contribution is 6.33. The maximum absolute atomic E-state index is 11.2. The van der Waals surface area contributed by atoms with E-state index in [1.807, 2.05) is 30.3 Å². The zero-order valence-corrected chi connectivity index (χ0v) is 10.2. The van der Waals surface area contributed by atoms with Gasteiger partial charge >= 0.3 is 0 Å². The van der Waals surface area contributed by atoms with E-state index >= 15 is 0 Å². The van der Waals surface area contributed by atoms with Crippen LogP contribution in [0, 0.1) is 0 Å². The molecule has 0 heterocycles. The lowest BCUT2D eigenvalue weighted by Gasteiger charge is -2.06. The minimum atomic E-state index is -0.542. The van der Waals surface area contributed by atoms with Gasteiger partial charge < -0.3 is 10.2 Å². The van der Waals surface area contributed by atoms with Gasteiger partial charge in [-0.1, -0.05) is 42.5 Å². The molecule has 0 aliphatic carbocycles. The average molecular weight is 258 g/mol. The molecule has 0 aromatic heterocycles. The molecule has 0 unspecified atom stereocenters. The Morgan fingerprint density at radius 1 is 1.05 bits per heavy atom. The number of benzene rings is 2. The molecule has 2 aromatic rings. The van der Waals surface area contributed by atoms with Gasteiger partial charge in [-0.25, -0.2) is 0 Å². The van der Waals surface area contributed by atoms with Crippen molar-refractivity contribution in [1.82, 2.24) is 0 Å². The van der Waals surface area contributed by atoms with Crippen molar-refractivity contribution in [2.24, 2.45) is 0 Å². The van der Waals surface area contributed by atoms with Gasteiger partial charge in [0, 0.05) is 5.56 Å². The van der Waals surface area contributed by atoms with Crippen molar-refractivity contribution in [1.29, 1.82) is 0 Å². The summed E-state index contributed by atoms with van der Waals surface area (Å²) < 4.78 is 5.56. The molecule has 0 atom stereocenters. The molecule has 0 amide bonds. The number of hydrogen-bond donors (Lipinski definition) is 0. The summed E-state index contributed by atoms with van der Waals surface area (Å²) in [6.07, 6.45) is 0.302. The van der Waals surface area contributed by atoms with E-state index < -0.39 is 5.78 Å². The molecule has 2 aromatic carbocycles. The van der Waals surface area contributed by atoms with E-state index in [4.69, 9.17) is 4.74 Å². The molecule has 0 saturated heterocycles. The number of rotatable bonds is 5. The summed E-state index contributed by atoms with van der Waals surface area (Å²) in [5.74, 6) is 0.0340. The van der Waals surface area contributed by atoms with E-state index in [1.54, 1.807) is 24.3 Å². The Balaban J connectivity index is 0.00000180. The summed E-state index contributed by atoms with van der Waals surface area (Å²) in [5.41, 5.74) is 1.39. The van der Waals surface area contributed by atoms with Gasteiger partial charge in [-0.2, -0.15) is 0 Å². The van der Waals surface area contributed by atoms with Crippen LogP contribution in [0.4, 0.5) is 0 Å². The van der Waals surface area contributed by atoms with Crippen molar-refractivity contribution in [2.75, 3.05) is 0 Å². The Labute approximate surface area is 111 Å². The van der Waals surface area contributed by atoms with Gasteiger partial charge in [-0.15, -0.1) is 0 Å². The van der Waals surface area contributed by atoms with Gasteiger partial charge in [0.2, 0.25) is 5.78 Å². The maximum atomic E-state index is 11.2. The second-order valence-corrected chi connectivity index (χ2v) is 3.78. The SMILES string of the molecule is O.O=CC(=O)c1cccc(OCc2ccccc2)c1. The summed E-state index contributed by atoms with van der Waals surface area (Å²) in [4.78, 5) is 21.6. The van der Waals surface area contributed by atoms with Gasteiger partial charge in [-0.05, 0) is 17.7 Å². The monoisotopic (exact) mass is 258 g/mol. The van der Waals surface area contributed by atoms with Crippen molar-refractivity contribution in [2.45, 2.75) is 6.61 Å². The van der Waals surface area contributed by atoms with Gasteiger partial charge in [0.05, 0.1) is 0 Å². The number of aldehydes is 1. The van der Waals surface area contributed by atoms with Crippen molar-refractivity contribution in [3.8, 4) is 5.75 Å². The van der Waals surface area contributed by atoms with Crippen LogP contribution >= 0.6 is 0 Å². The molecular formula is C15H14O4. The van der Waals surface area contributed by atoms with Crippen molar-refractivity contribution < 1.29 is 19.8 Å². The molecule has 4 nitrogen and oxygen atoms in total. The summed E-state index contributed by atoms with van der Waals surface area (Å²) in [7, 11) is 0. The number of ether oxygens (including phenoxy) is 1. The van der Waals surface area contributed by atoms with Crippen LogP contribution < -0.4 is 4.74 Å². The van der Waals surface area contributed by atoms with E-state index in [-0.39, 0.29) is 5.48 Å². The molecule has 0 fully saturated rings. The summed E-state index contributed by atoms with van der Waals surface area (Å²) in [5, 5.41) is 0. The molecule has 0 radical (unpaired) electrons. The van der Waals surface area contributed by atoms with E-state index in [1.165, 1.54) is 0 Å². The Hall–Kier alpha value is -2.46. The zero-order valence-electron chi connectivity index (χ0n) is 10.2. The fourth-order valence-corrected chi connectivity index (χ4v) is 1.55. The van der Waals surface area contributed by atoms with Gasteiger partial charge in [-0.3, -0.25) is 9.59 Å². The van der Waals surface area contributed by atoms with Crippen LogP contribution in [0.2, 0.25) is 0 Å². The number of hydrogen-bond acceptors (Lipinski definition) is 3. The first-order chi connectivity index (χ1) is 8.79. The Morgan fingerprint density at radius 2 is 1.79 bits per heavy atom. The highest BCUT2D eigenvalue weighted by Gasteiger charge is 2.05. The number of ketones is 1. The second kappa shape index (κ2) is 7.08. The van der Waals surface area contributed by atoms with Crippen molar-refractivity contribution in [3.05, 3.63) is 65.7 Å². The molecule has 98 valence electrons.